The molecule has 0 amide bonds. The van der Waals surface area contributed by atoms with Gasteiger partial charge < -0.3 is 0 Å². The molecule has 0 heteroatoms. The van der Waals surface area contributed by atoms with Gasteiger partial charge in [-0.2, -0.15) is 0 Å². The first-order chi connectivity index (χ1) is 10.2. The molecule has 0 aromatic rings. The second-order valence-electron chi connectivity index (χ2n) is 7.76. The minimum absolute atomic E-state index is 1.02. The molecule has 0 radical (unpaired) electrons. The number of unbranched alkanes of at least 4 members (excludes halogenated alkanes) is 2. The van der Waals surface area contributed by atoms with Crippen molar-refractivity contribution in [1.29, 1.82) is 0 Å². The Labute approximate surface area is 135 Å². The van der Waals surface area contributed by atoms with Crippen molar-refractivity contribution >= 4 is 0 Å². The number of rotatable bonds is 12. The smallest absolute Gasteiger partial charge is 0.0383 e. The van der Waals surface area contributed by atoms with Gasteiger partial charge in [0.05, 0.1) is 0 Å². The van der Waals surface area contributed by atoms with E-state index < -0.39 is 0 Å². The van der Waals surface area contributed by atoms with E-state index in [9.17, 15) is 0 Å². The summed E-state index contributed by atoms with van der Waals surface area (Å²) in [7, 11) is 0. The van der Waals surface area contributed by atoms with Crippen molar-refractivity contribution in [1.82, 2.24) is 0 Å². The lowest BCUT2D eigenvalue weighted by Gasteiger charge is -2.27. The molecule has 21 heavy (non-hydrogen) atoms. The fourth-order valence-corrected chi connectivity index (χ4v) is 4.55. The van der Waals surface area contributed by atoms with E-state index >= 15 is 0 Å². The Kier molecular flexibility index (Phi) is 10.5. The van der Waals surface area contributed by atoms with Crippen LogP contribution in [0.4, 0.5) is 0 Å². The SMILES string of the molecule is CCCCC(CC)CC1CCCC1CC(CC)CCCC. The molecule has 1 aliphatic carbocycles. The Morgan fingerprint density at radius 2 is 1.14 bits per heavy atom. The highest BCUT2D eigenvalue weighted by Gasteiger charge is 2.30. The highest BCUT2D eigenvalue weighted by atomic mass is 14.4. The van der Waals surface area contributed by atoms with Crippen LogP contribution in [0.15, 0.2) is 0 Å². The van der Waals surface area contributed by atoms with E-state index in [-0.39, 0.29) is 0 Å². The Hall–Kier alpha value is 0. The minimum Gasteiger partial charge on any atom is -0.0654 e. The Morgan fingerprint density at radius 3 is 1.48 bits per heavy atom. The van der Waals surface area contributed by atoms with Gasteiger partial charge in [0.25, 0.3) is 0 Å². The third-order valence-electron chi connectivity index (χ3n) is 6.18. The molecule has 1 saturated carbocycles. The highest BCUT2D eigenvalue weighted by molar-refractivity contribution is 4.81. The third kappa shape index (κ3) is 7.20. The first kappa shape index (κ1) is 19.0. The summed E-state index contributed by atoms with van der Waals surface area (Å²) in [6, 6.07) is 0. The summed E-state index contributed by atoms with van der Waals surface area (Å²) in [5, 5.41) is 0. The fraction of sp³-hybridized carbons (Fsp3) is 1.00. The van der Waals surface area contributed by atoms with Gasteiger partial charge in [0, 0.05) is 0 Å². The summed E-state index contributed by atoms with van der Waals surface area (Å²) in [4.78, 5) is 0. The van der Waals surface area contributed by atoms with Crippen LogP contribution in [-0.2, 0) is 0 Å². The zero-order valence-electron chi connectivity index (χ0n) is 15.5. The quantitative estimate of drug-likeness (QED) is 0.347. The molecule has 0 bridgehead atoms. The maximum atomic E-state index is 2.42. The van der Waals surface area contributed by atoms with E-state index in [0.29, 0.717) is 0 Å². The van der Waals surface area contributed by atoms with Gasteiger partial charge in [-0.05, 0) is 36.5 Å². The Morgan fingerprint density at radius 1 is 0.714 bits per heavy atom. The number of hydrogen-bond acceptors (Lipinski definition) is 0. The van der Waals surface area contributed by atoms with E-state index in [2.05, 4.69) is 27.7 Å². The highest BCUT2D eigenvalue weighted by Crippen LogP contribution is 2.42. The van der Waals surface area contributed by atoms with Gasteiger partial charge in [-0.25, -0.2) is 0 Å². The molecule has 4 unspecified atom stereocenters. The average Bonchev–Trinajstić information content (AvgIpc) is 2.94. The lowest BCUT2D eigenvalue weighted by Crippen LogP contribution is -2.16. The van der Waals surface area contributed by atoms with Crippen molar-refractivity contribution in [2.75, 3.05) is 0 Å². The average molecular weight is 295 g/mol. The predicted molar refractivity (Wildman–Crippen MR) is 96.7 cm³/mol. The van der Waals surface area contributed by atoms with Crippen LogP contribution in [0, 0.1) is 23.7 Å². The van der Waals surface area contributed by atoms with Crippen LogP contribution in [0.1, 0.15) is 111 Å². The number of hydrogen-bond donors (Lipinski definition) is 0. The largest absolute Gasteiger partial charge is 0.0654 e. The molecule has 0 saturated heterocycles. The monoisotopic (exact) mass is 294 g/mol. The summed E-state index contributed by atoms with van der Waals surface area (Å²) in [6.07, 6.45) is 19.1. The van der Waals surface area contributed by atoms with Crippen molar-refractivity contribution in [2.24, 2.45) is 23.7 Å². The van der Waals surface area contributed by atoms with Crippen molar-refractivity contribution in [2.45, 2.75) is 111 Å². The lowest BCUT2D eigenvalue weighted by atomic mass is 9.78. The molecule has 0 aromatic carbocycles. The maximum Gasteiger partial charge on any atom is -0.0383 e. The molecule has 4 atom stereocenters. The first-order valence-corrected chi connectivity index (χ1v) is 10.2. The van der Waals surface area contributed by atoms with E-state index in [1.54, 1.807) is 12.8 Å². The predicted octanol–water partition coefficient (Wildman–Crippen LogP) is 7.62. The second kappa shape index (κ2) is 11.6. The summed E-state index contributed by atoms with van der Waals surface area (Å²) < 4.78 is 0. The van der Waals surface area contributed by atoms with Gasteiger partial charge in [0.2, 0.25) is 0 Å². The summed E-state index contributed by atoms with van der Waals surface area (Å²) in [6.45, 7) is 9.51. The molecule has 0 N–H and O–H groups in total. The van der Waals surface area contributed by atoms with E-state index in [1.807, 2.05) is 0 Å². The van der Waals surface area contributed by atoms with Gasteiger partial charge in [0.15, 0.2) is 0 Å². The minimum atomic E-state index is 1.02. The van der Waals surface area contributed by atoms with Crippen molar-refractivity contribution in [3.63, 3.8) is 0 Å². The maximum absolute atomic E-state index is 2.42. The molecule has 126 valence electrons. The standard InChI is InChI=1S/C21H42/c1-5-9-12-18(7-3)16-20-14-11-15-21(20)17-19(8-4)13-10-6-2/h18-21H,5-17H2,1-4H3. The van der Waals surface area contributed by atoms with E-state index in [1.165, 1.54) is 70.6 Å². The summed E-state index contributed by atoms with van der Waals surface area (Å²) in [5.74, 6) is 4.18. The van der Waals surface area contributed by atoms with Gasteiger partial charge in [0.1, 0.15) is 0 Å². The lowest BCUT2D eigenvalue weighted by molar-refractivity contribution is 0.237. The van der Waals surface area contributed by atoms with Crippen LogP contribution in [0.2, 0.25) is 0 Å². The van der Waals surface area contributed by atoms with E-state index in [4.69, 9.17) is 0 Å². The zero-order chi connectivity index (χ0) is 15.5. The Balaban J connectivity index is 2.41. The second-order valence-corrected chi connectivity index (χ2v) is 7.76. The molecule has 0 spiro atoms. The van der Waals surface area contributed by atoms with Crippen molar-refractivity contribution in [3.8, 4) is 0 Å². The first-order valence-electron chi connectivity index (χ1n) is 10.2. The molecule has 0 aromatic heterocycles. The fourth-order valence-electron chi connectivity index (χ4n) is 4.55. The molecular weight excluding hydrogens is 252 g/mol. The molecule has 1 rings (SSSR count). The van der Waals surface area contributed by atoms with E-state index in [0.717, 1.165) is 23.7 Å². The van der Waals surface area contributed by atoms with Crippen LogP contribution in [-0.4, -0.2) is 0 Å². The van der Waals surface area contributed by atoms with Crippen LogP contribution in [0.5, 0.6) is 0 Å². The molecule has 0 aliphatic heterocycles. The zero-order valence-corrected chi connectivity index (χ0v) is 15.5. The van der Waals surface area contributed by atoms with Crippen molar-refractivity contribution in [3.05, 3.63) is 0 Å². The summed E-state index contributed by atoms with van der Waals surface area (Å²) >= 11 is 0. The van der Waals surface area contributed by atoms with Crippen LogP contribution < -0.4 is 0 Å². The van der Waals surface area contributed by atoms with Gasteiger partial charge in [-0.15, -0.1) is 0 Å². The molecule has 1 fully saturated rings. The normalized spacial score (nSPS) is 25.1. The van der Waals surface area contributed by atoms with Gasteiger partial charge in [-0.1, -0.05) is 98.3 Å². The molecule has 0 nitrogen and oxygen atoms in total. The third-order valence-corrected chi connectivity index (χ3v) is 6.18. The molecule has 0 heterocycles. The van der Waals surface area contributed by atoms with Crippen LogP contribution in [0.3, 0.4) is 0 Å². The topological polar surface area (TPSA) is 0 Å². The van der Waals surface area contributed by atoms with Crippen molar-refractivity contribution < 1.29 is 0 Å². The molecule has 1 aliphatic rings. The van der Waals surface area contributed by atoms with Crippen LogP contribution in [0.25, 0.3) is 0 Å². The van der Waals surface area contributed by atoms with Gasteiger partial charge >= 0.3 is 0 Å². The summed E-state index contributed by atoms with van der Waals surface area (Å²) in [5.41, 5.74) is 0. The Bertz CT molecular complexity index is 208. The molecular formula is C21H42. The van der Waals surface area contributed by atoms with Gasteiger partial charge in [-0.3, -0.25) is 0 Å². The van der Waals surface area contributed by atoms with Crippen LogP contribution >= 0.6 is 0 Å².